The molecule has 5 heteroatoms. The maximum absolute atomic E-state index is 5.62. The fraction of sp³-hybridized carbons (Fsp3) is 0.273. The van der Waals surface area contributed by atoms with Gasteiger partial charge in [-0.25, -0.2) is 0 Å². The first kappa shape index (κ1) is 17.5. The van der Waals surface area contributed by atoms with E-state index in [2.05, 4.69) is 46.8 Å². The summed E-state index contributed by atoms with van der Waals surface area (Å²) >= 11 is 0. The number of fused-ring (bicyclic) bond motifs is 1. The van der Waals surface area contributed by atoms with E-state index in [1.807, 2.05) is 12.1 Å². The van der Waals surface area contributed by atoms with Gasteiger partial charge in [-0.05, 0) is 43.0 Å². The number of hydrogen-bond acceptors (Lipinski definition) is 4. The zero-order chi connectivity index (χ0) is 18.3. The molecule has 0 spiro atoms. The van der Waals surface area contributed by atoms with Gasteiger partial charge in [0, 0.05) is 23.6 Å². The Morgan fingerprint density at radius 3 is 2.93 bits per heavy atom. The van der Waals surface area contributed by atoms with Crippen molar-refractivity contribution in [1.29, 1.82) is 0 Å². The molecule has 0 atom stereocenters. The van der Waals surface area contributed by atoms with Crippen molar-refractivity contribution in [3.63, 3.8) is 0 Å². The molecule has 5 nitrogen and oxygen atoms in total. The lowest BCUT2D eigenvalue weighted by Gasteiger charge is -2.18. The summed E-state index contributed by atoms with van der Waals surface area (Å²) in [6.07, 6.45) is 14.4. The highest BCUT2D eigenvalue weighted by atomic mass is 16.7. The van der Waals surface area contributed by atoms with Crippen molar-refractivity contribution >= 4 is 10.9 Å². The number of para-hydroxylation sites is 1. The van der Waals surface area contributed by atoms with Crippen LogP contribution in [0.3, 0.4) is 0 Å². The fourth-order valence-electron chi connectivity index (χ4n) is 3.22. The van der Waals surface area contributed by atoms with Crippen LogP contribution in [0.2, 0.25) is 0 Å². The molecular formula is C22H24N2O3. The largest absolute Gasteiger partial charge is 0.462 e. The van der Waals surface area contributed by atoms with Gasteiger partial charge in [-0.2, -0.15) is 0 Å². The van der Waals surface area contributed by atoms with Crippen LogP contribution in [0.1, 0.15) is 18.4 Å². The lowest BCUT2D eigenvalue weighted by Crippen LogP contribution is -2.22. The molecule has 1 aliphatic heterocycles. The molecule has 0 bridgehead atoms. The second-order valence-electron chi connectivity index (χ2n) is 6.52. The molecule has 1 aliphatic carbocycles. The third-order valence-corrected chi connectivity index (χ3v) is 4.66. The highest BCUT2D eigenvalue weighted by Gasteiger charge is 2.14. The topological polar surface area (TPSA) is 55.5 Å². The molecule has 0 radical (unpaired) electrons. The molecule has 0 fully saturated rings. The van der Waals surface area contributed by atoms with Crippen LogP contribution in [0.25, 0.3) is 10.9 Å². The minimum atomic E-state index is 0.393. The van der Waals surface area contributed by atoms with E-state index < -0.39 is 0 Å². The fourth-order valence-corrected chi connectivity index (χ4v) is 3.22. The number of aromatic amines is 1. The number of nitrogens with one attached hydrogen (secondary N) is 2. The zero-order valence-corrected chi connectivity index (χ0v) is 15.2. The Labute approximate surface area is 159 Å². The summed E-state index contributed by atoms with van der Waals surface area (Å²) in [6, 6.07) is 8.37. The molecule has 2 aliphatic rings. The Kier molecular flexibility index (Phi) is 5.60. The number of allylic oxidation sites excluding steroid dienone is 4. The molecule has 1 aromatic carbocycles. The van der Waals surface area contributed by atoms with E-state index >= 15 is 0 Å². The molecule has 27 heavy (non-hydrogen) atoms. The third-order valence-electron chi connectivity index (χ3n) is 4.66. The van der Waals surface area contributed by atoms with Gasteiger partial charge in [-0.3, -0.25) is 0 Å². The number of rotatable bonds is 8. The van der Waals surface area contributed by atoms with Crippen molar-refractivity contribution in [3.8, 4) is 0 Å². The zero-order valence-electron chi connectivity index (χ0n) is 15.2. The van der Waals surface area contributed by atoms with E-state index in [1.165, 1.54) is 22.7 Å². The number of benzene rings is 1. The van der Waals surface area contributed by atoms with Crippen molar-refractivity contribution in [2.75, 3.05) is 19.7 Å². The standard InChI is InChI=1S/C22H24N2O3/c1-2-6-17(7-3-1)21-15-27-22(16-26-21)25-13-12-23-11-10-18-14-24-20-9-5-4-8-19(18)20/h1-2,4-6,8-9,14-16,23-24H,3,7,10-13H2. The second-order valence-corrected chi connectivity index (χ2v) is 6.52. The first-order valence-electron chi connectivity index (χ1n) is 9.38. The van der Waals surface area contributed by atoms with Crippen molar-refractivity contribution < 1.29 is 14.2 Å². The van der Waals surface area contributed by atoms with Crippen molar-refractivity contribution in [3.05, 3.63) is 84.1 Å². The Balaban J connectivity index is 1.14. The highest BCUT2D eigenvalue weighted by molar-refractivity contribution is 5.83. The highest BCUT2D eigenvalue weighted by Crippen LogP contribution is 2.25. The van der Waals surface area contributed by atoms with E-state index in [0.29, 0.717) is 12.6 Å². The predicted molar refractivity (Wildman–Crippen MR) is 106 cm³/mol. The van der Waals surface area contributed by atoms with Crippen molar-refractivity contribution in [2.24, 2.45) is 0 Å². The number of hydrogen-bond donors (Lipinski definition) is 2. The maximum atomic E-state index is 5.62. The van der Waals surface area contributed by atoms with Gasteiger partial charge in [0.1, 0.15) is 12.9 Å². The van der Waals surface area contributed by atoms with Gasteiger partial charge in [0.15, 0.2) is 12.0 Å². The van der Waals surface area contributed by atoms with Gasteiger partial charge in [0.25, 0.3) is 0 Å². The second kappa shape index (κ2) is 8.64. The van der Waals surface area contributed by atoms with Gasteiger partial charge in [0.05, 0.1) is 0 Å². The summed E-state index contributed by atoms with van der Waals surface area (Å²) in [5.41, 5.74) is 3.66. The quantitative estimate of drug-likeness (QED) is 0.687. The van der Waals surface area contributed by atoms with Crippen LogP contribution in [-0.2, 0) is 20.6 Å². The first-order chi connectivity index (χ1) is 13.4. The summed E-state index contributed by atoms with van der Waals surface area (Å²) < 4.78 is 16.7. The summed E-state index contributed by atoms with van der Waals surface area (Å²) in [7, 11) is 0. The van der Waals surface area contributed by atoms with Crippen LogP contribution in [0.15, 0.2) is 78.5 Å². The number of aromatic nitrogens is 1. The Bertz CT molecular complexity index is 905. The smallest absolute Gasteiger partial charge is 0.321 e. The molecule has 2 N–H and O–H groups in total. The molecule has 140 valence electrons. The lowest BCUT2D eigenvalue weighted by atomic mass is 10.0. The summed E-state index contributed by atoms with van der Waals surface area (Å²) in [5.74, 6) is 1.15. The summed E-state index contributed by atoms with van der Waals surface area (Å²) in [4.78, 5) is 3.31. The van der Waals surface area contributed by atoms with Gasteiger partial charge in [0.2, 0.25) is 0 Å². The van der Waals surface area contributed by atoms with Gasteiger partial charge >= 0.3 is 5.95 Å². The SMILES string of the molecule is C1=CCCC(C2=COC(OCCNCCc3c[nH]c4ccccc34)=CO2)=C1. The molecular weight excluding hydrogens is 340 g/mol. The summed E-state index contributed by atoms with van der Waals surface area (Å²) in [6.45, 7) is 2.17. The van der Waals surface area contributed by atoms with Crippen LogP contribution < -0.4 is 5.32 Å². The number of H-pyrrole nitrogens is 1. The molecule has 0 unspecified atom stereocenters. The van der Waals surface area contributed by atoms with Crippen LogP contribution in [0.5, 0.6) is 0 Å². The van der Waals surface area contributed by atoms with Crippen LogP contribution in [-0.4, -0.2) is 24.7 Å². The molecule has 0 saturated heterocycles. The average Bonchev–Trinajstić information content (AvgIpc) is 3.15. The van der Waals surface area contributed by atoms with E-state index in [9.17, 15) is 0 Å². The predicted octanol–water partition coefficient (Wildman–Crippen LogP) is 4.28. The lowest BCUT2D eigenvalue weighted by molar-refractivity contribution is 0.0541. The third kappa shape index (κ3) is 4.44. The normalized spacial score (nSPS) is 16.2. The van der Waals surface area contributed by atoms with Crippen molar-refractivity contribution in [2.45, 2.75) is 19.3 Å². The first-order valence-corrected chi connectivity index (χ1v) is 9.38. The molecule has 2 aromatic rings. The van der Waals surface area contributed by atoms with Gasteiger partial charge in [-0.15, -0.1) is 0 Å². The van der Waals surface area contributed by atoms with Crippen LogP contribution in [0, 0.1) is 0 Å². The van der Waals surface area contributed by atoms with Gasteiger partial charge < -0.3 is 24.5 Å². The van der Waals surface area contributed by atoms with E-state index in [0.717, 1.165) is 43.7 Å². The monoisotopic (exact) mass is 364 g/mol. The van der Waals surface area contributed by atoms with Crippen LogP contribution in [0.4, 0.5) is 0 Å². The van der Waals surface area contributed by atoms with E-state index in [1.54, 1.807) is 6.26 Å². The van der Waals surface area contributed by atoms with Crippen molar-refractivity contribution in [1.82, 2.24) is 10.3 Å². The average molecular weight is 364 g/mol. The van der Waals surface area contributed by atoms with E-state index in [-0.39, 0.29) is 0 Å². The van der Waals surface area contributed by atoms with Crippen LogP contribution >= 0.6 is 0 Å². The minimum absolute atomic E-state index is 0.393. The Morgan fingerprint density at radius 2 is 2.07 bits per heavy atom. The minimum Gasteiger partial charge on any atom is -0.462 e. The van der Waals surface area contributed by atoms with E-state index in [4.69, 9.17) is 14.2 Å². The van der Waals surface area contributed by atoms with Gasteiger partial charge in [-0.1, -0.05) is 36.4 Å². The Hall–Kier alpha value is -2.92. The molecule has 1 aromatic heterocycles. The molecule has 0 amide bonds. The Morgan fingerprint density at radius 1 is 1.11 bits per heavy atom. The molecule has 0 saturated carbocycles. The molecule has 2 heterocycles. The number of ether oxygens (including phenoxy) is 3. The summed E-state index contributed by atoms with van der Waals surface area (Å²) in [5, 5.41) is 4.69. The maximum Gasteiger partial charge on any atom is 0.321 e. The molecule has 4 rings (SSSR count).